The normalized spacial score (nSPS) is 16.7. The third-order valence-electron chi connectivity index (χ3n) is 10.9. The quantitative estimate of drug-likeness (QED) is 0.0143. The van der Waals surface area contributed by atoms with Gasteiger partial charge in [0.25, 0.3) is 0 Å². The van der Waals surface area contributed by atoms with Crippen LogP contribution in [0.2, 0.25) is 15.3 Å². The maximum Gasteiger partial charge on any atom is 0.350 e. The molecule has 0 bridgehead atoms. The van der Waals surface area contributed by atoms with E-state index in [-0.39, 0.29) is 76.7 Å². The fourth-order valence-electron chi connectivity index (χ4n) is 7.19. The highest BCUT2D eigenvalue weighted by Crippen LogP contribution is 2.37. The summed E-state index contributed by atoms with van der Waals surface area (Å²) in [7, 11) is -4.48. The number of esters is 1. The molecule has 0 amide bonds. The number of aromatic nitrogens is 7. The number of hydrogen-bond donors (Lipinski definition) is 4. The minimum atomic E-state index is -4.48. The predicted octanol–water partition coefficient (Wildman–Crippen LogP) is 3.90. The Kier molecular flexibility index (Phi) is 26.5. The number of hydrogen-bond acceptors (Lipinski definition) is 21. The number of anilines is 1. The first-order chi connectivity index (χ1) is 37.6. The Balaban J connectivity index is 0.780. The standard InChI is InChI=1S/C46H59Cl3F3N8O17P/c47-34-2-1-3-35(48)33(34)26-58(43-32-24-53-60(44(32)55-46(49)54-43)45-41(63)40(62)38(76-45)28-75-29-78(64,65)66)5-8-68-11-14-71-18-19-73-20-21-74-27-31-25-59(57-56-31)6-9-69-12-15-72-17-16-70-13-10-67-7-4-39(61)77-42-36(51)22-30(50)23-37(42)52/h1-3,22-25,38,40-41,45,62-63H,4-21,26-29H2,(H2,64,65,66)/t38-,40-,41-,45-/m1/s1. The molecule has 2 aromatic carbocycles. The molecule has 0 spiro atoms. The van der Waals surface area contributed by atoms with Crippen molar-refractivity contribution in [3.63, 3.8) is 0 Å². The number of fused-ring (bicyclic) bond motifs is 1. The van der Waals surface area contributed by atoms with Crippen LogP contribution in [0.4, 0.5) is 19.0 Å². The van der Waals surface area contributed by atoms with Gasteiger partial charge in [0.15, 0.2) is 23.5 Å². The minimum absolute atomic E-state index is 0.0656. The number of aliphatic hydroxyl groups excluding tert-OH is 2. The number of aliphatic hydroxyl groups is 2. The van der Waals surface area contributed by atoms with Crippen LogP contribution in [0.3, 0.4) is 0 Å². The number of ether oxygens (including phenoxy) is 11. The average Bonchev–Trinajstić information content (AvgIpc) is 4.13. The van der Waals surface area contributed by atoms with E-state index in [9.17, 15) is 32.7 Å². The van der Waals surface area contributed by atoms with Crippen LogP contribution in [-0.4, -0.2) is 198 Å². The van der Waals surface area contributed by atoms with Crippen molar-refractivity contribution in [3.05, 3.63) is 86.8 Å². The number of nitrogens with zero attached hydrogens (tertiary/aromatic N) is 8. The molecule has 5 aromatic rings. The van der Waals surface area contributed by atoms with Gasteiger partial charge in [-0.25, -0.2) is 22.5 Å². The molecule has 0 aliphatic carbocycles. The Labute approximate surface area is 459 Å². The summed E-state index contributed by atoms with van der Waals surface area (Å²) in [5, 5.41) is 35.2. The second-order valence-electron chi connectivity index (χ2n) is 16.7. The van der Waals surface area contributed by atoms with Crippen molar-refractivity contribution in [2.24, 2.45) is 0 Å². The highest BCUT2D eigenvalue weighted by molar-refractivity contribution is 7.51. The summed E-state index contributed by atoms with van der Waals surface area (Å²) in [4.78, 5) is 40.7. The van der Waals surface area contributed by atoms with E-state index >= 15 is 0 Å². The molecule has 0 saturated carbocycles. The molecule has 32 heteroatoms. The molecule has 78 heavy (non-hydrogen) atoms. The molecule has 4 atom stereocenters. The smallest absolute Gasteiger partial charge is 0.350 e. The summed E-state index contributed by atoms with van der Waals surface area (Å²) < 4.78 is 114. The van der Waals surface area contributed by atoms with Crippen LogP contribution in [0.25, 0.3) is 11.0 Å². The minimum Gasteiger partial charge on any atom is -0.420 e. The number of carbonyl (C=O) groups is 1. The molecule has 1 saturated heterocycles. The van der Waals surface area contributed by atoms with Gasteiger partial charge in [0, 0.05) is 40.8 Å². The van der Waals surface area contributed by atoms with E-state index < -0.39 is 74.3 Å². The predicted molar refractivity (Wildman–Crippen MR) is 269 cm³/mol. The van der Waals surface area contributed by atoms with Gasteiger partial charge in [0.2, 0.25) is 11.0 Å². The molecule has 0 radical (unpaired) electrons. The van der Waals surface area contributed by atoms with Gasteiger partial charge in [-0.2, -0.15) is 15.1 Å². The summed E-state index contributed by atoms with van der Waals surface area (Å²) in [6.07, 6.45) is -3.38. The fourth-order valence-corrected chi connectivity index (χ4v) is 8.22. The van der Waals surface area contributed by atoms with E-state index in [1.54, 1.807) is 29.1 Å². The lowest BCUT2D eigenvalue weighted by atomic mass is 10.1. The van der Waals surface area contributed by atoms with Gasteiger partial charge in [-0.3, -0.25) is 9.36 Å². The second-order valence-corrected chi connectivity index (χ2v) is 19.5. The summed E-state index contributed by atoms with van der Waals surface area (Å²) in [5.41, 5.74) is 1.40. The highest BCUT2D eigenvalue weighted by Gasteiger charge is 2.45. The van der Waals surface area contributed by atoms with Crippen molar-refractivity contribution in [2.45, 2.75) is 50.7 Å². The first-order valence-corrected chi connectivity index (χ1v) is 27.1. The van der Waals surface area contributed by atoms with E-state index in [0.717, 1.165) is 0 Å². The van der Waals surface area contributed by atoms with Crippen molar-refractivity contribution in [1.82, 2.24) is 34.7 Å². The zero-order valence-electron chi connectivity index (χ0n) is 41.8. The van der Waals surface area contributed by atoms with Crippen LogP contribution in [0, 0.1) is 17.5 Å². The van der Waals surface area contributed by atoms with E-state index in [1.807, 2.05) is 4.90 Å². The molecule has 4 N–H and O–H groups in total. The molecule has 1 aliphatic heterocycles. The fraction of sp³-hybridized carbons (Fsp3) is 0.565. The number of carbonyl (C=O) groups excluding carboxylic acids is 1. The van der Waals surface area contributed by atoms with Gasteiger partial charge in [0.1, 0.15) is 42.0 Å². The van der Waals surface area contributed by atoms with E-state index in [4.69, 9.17) is 92.0 Å². The maximum atomic E-state index is 13.6. The highest BCUT2D eigenvalue weighted by atomic mass is 35.5. The van der Waals surface area contributed by atoms with Gasteiger partial charge < -0.3 is 77.0 Å². The molecule has 4 heterocycles. The summed E-state index contributed by atoms with van der Waals surface area (Å²) >= 11 is 19.6. The number of benzene rings is 2. The van der Waals surface area contributed by atoms with Crippen LogP contribution >= 0.6 is 42.4 Å². The largest absolute Gasteiger partial charge is 0.420 e. The lowest BCUT2D eigenvalue weighted by molar-refractivity contribution is -0.136. The van der Waals surface area contributed by atoms with Crippen LogP contribution in [0.5, 0.6) is 5.75 Å². The van der Waals surface area contributed by atoms with Crippen molar-refractivity contribution < 1.29 is 94.6 Å². The van der Waals surface area contributed by atoms with Crippen molar-refractivity contribution in [3.8, 4) is 5.75 Å². The van der Waals surface area contributed by atoms with E-state index in [0.29, 0.717) is 111 Å². The Morgan fingerprint density at radius 3 is 1.95 bits per heavy atom. The monoisotopic (exact) mass is 1190 g/mol. The Morgan fingerprint density at radius 2 is 1.33 bits per heavy atom. The maximum absolute atomic E-state index is 13.6. The van der Waals surface area contributed by atoms with E-state index in [2.05, 4.69) is 30.1 Å². The summed E-state index contributed by atoms with van der Waals surface area (Å²) in [6, 6.07) is 5.95. The van der Waals surface area contributed by atoms with Gasteiger partial charge >= 0.3 is 13.6 Å². The topological polar surface area (TPSA) is 294 Å². The molecule has 1 aliphatic rings. The molecule has 6 rings (SSSR count). The summed E-state index contributed by atoms with van der Waals surface area (Å²) in [6.45, 7) is 4.81. The third-order valence-corrected chi connectivity index (χ3v) is 12.3. The third kappa shape index (κ3) is 20.7. The molecular weight excluding hydrogens is 1130 g/mol. The molecule has 1 fully saturated rings. The molecule has 0 unspecified atom stereocenters. The van der Waals surface area contributed by atoms with Gasteiger partial charge in [-0.15, -0.1) is 5.10 Å². The number of rotatable bonds is 38. The average molecular weight is 1190 g/mol. The second kappa shape index (κ2) is 32.9. The van der Waals surface area contributed by atoms with Crippen LogP contribution < -0.4 is 9.64 Å². The Morgan fingerprint density at radius 1 is 0.756 bits per heavy atom. The van der Waals surface area contributed by atoms with E-state index in [1.165, 1.54) is 10.9 Å². The lowest BCUT2D eigenvalue weighted by Crippen LogP contribution is -2.34. The first-order valence-electron chi connectivity index (χ1n) is 24.2. The van der Waals surface area contributed by atoms with Crippen LogP contribution in [-0.2, 0) is 76.4 Å². The summed E-state index contributed by atoms with van der Waals surface area (Å²) in [5.74, 6) is -5.33. The van der Waals surface area contributed by atoms with Gasteiger partial charge in [0.05, 0.1) is 143 Å². The Bertz CT molecular complexity index is 2640. The SMILES string of the molecule is O=C(CCOCCOCCOCCOCCn1cc(COCCOCCOCCOCCN(Cc2c(Cl)cccc2Cl)c2nc(Cl)nc3c2cnn3[C@@H]2O[C@H](COCP(=O)(O)O)[C@@H](O)[C@H]2O)nn1)Oc1c(F)cc(F)cc1F. The van der Waals surface area contributed by atoms with Gasteiger partial charge in [-0.1, -0.05) is 34.5 Å². The first kappa shape index (κ1) is 62.9. The van der Waals surface area contributed by atoms with Gasteiger partial charge in [-0.05, 0) is 23.7 Å². The molecule has 25 nitrogen and oxygen atoms in total. The zero-order valence-corrected chi connectivity index (χ0v) is 45.0. The number of halogens is 6. The zero-order chi connectivity index (χ0) is 55.9. The Hall–Kier alpha value is -4.27. The van der Waals surface area contributed by atoms with Crippen molar-refractivity contribution >= 4 is 65.2 Å². The van der Waals surface area contributed by atoms with Crippen molar-refractivity contribution in [2.75, 3.05) is 124 Å². The molecule has 432 valence electrons. The van der Waals surface area contributed by atoms with Crippen LogP contribution in [0.1, 0.15) is 23.9 Å². The molecular formula is C46H59Cl3F3N8O17P. The lowest BCUT2D eigenvalue weighted by Gasteiger charge is -2.25. The molecule has 3 aromatic heterocycles. The van der Waals surface area contributed by atoms with Crippen molar-refractivity contribution in [1.29, 1.82) is 0 Å². The van der Waals surface area contributed by atoms with Crippen LogP contribution in [0.15, 0.2) is 42.7 Å².